The average Bonchev–Trinajstić information content (AvgIpc) is 2.92. The summed E-state index contributed by atoms with van der Waals surface area (Å²) in [7, 11) is 0. The van der Waals surface area contributed by atoms with E-state index in [2.05, 4.69) is 5.32 Å². The molecule has 1 aliphatic heterocycles. The van der Waals surface area contributed by atoms with Crippen molar-refractivity contribution in [3.05, 3.63) is 29.3 Å². The standard InChI is InChI=1S/C17H21ClN2O2/c18-14-8-4-5-9-15(14)19-17(22)12-10-16(21)20(11-12)13-6-2-1-3-7-13/h4-5,8-9,12-13H,1-3,6-7,10-11H2,(H,19,22)/t12-/m1/s1. The zero-order valence-corrected chi connectivity index (χ0v) is 13.3. The van der Waals surface area contributed by atoms with Crippen LogP contribution in [0.2, 0.25) is 5.02 Å². The van der Waals surface area contributed by atoms with Crippen LogP contribution in [0.5, 0.6) is 0 Å². The first-order valence-corrected chi connectivity index (χ1v) is 8.38. The van der Waals surface area contributed by atoms with Gasteiger partial charge in [-0.15, -0.1) is 0 Å². The zero-order valence-electron chi connectivity index (χ0n) is 12.6. The summed E-state index contributed by atoms with van der Waals surface area (Å²) in [6, 6.07) is 7.50. The largest absolute Gasteiger partial charge is 0.339 e. The van der Waals surface area contributed by atoms with Crippen LogP contribution in [0.4, 0.5) is 5.69 Å². The van der Waals surface area contributed by atoms with Crippen molar-refractivity contribution in [1.82, 2.24) is 4.90 Å². The van der Waals surface area contributed by atoms with E-state index in [1.54, 1.807) is 12.1 Å². The molecule has 1 aromatic carbocycles. The molecule has 1 aliphatic carbocycles. The maximum Gasteiger partial charge on any atom is 0.229 e. The molecule has 4 nitrogen and oxygen atoms in total. The van der Waals surface area contributed by atoms with Crippen LogP contribution in [-0.2, 0) is 9.59 Å². The number of carbonyl (C=O) groups is 2. The van der Waals surface area contributed by atoms with Crippen LogP contribution >= 0.6 is 11.6 Å². The molecule has 1 atom stereocenters. The molecule has 22 heavy (non-hydrogen) atoms. The van der Waals surface area contributed by atoms with Crippen LogP contribution in [0.15, 0.2) is 24.3 Å². The quantitative estimate of drug-likeness (QED) is 0.927. The van der Waals surface area contributed by atoms with Gasteiger partial charge in [-0.1, -0.05) is 43.0 Å². The van der Waals surface area contributed by atoms with Crippen molar-refractivity contribution in [2.75, 3.05) is 11.9 Å². The lowest BCUT2D eigenvalue weighted by atomic mass is 9.94. The third kappa shape index (κ3) is 3.27. The summed E-state index contributed by atoms with van der Waals surface area (Å²) in [5, 5.41) is 3.36. The number of nitrogens with one attached hydrogen (secondary N) is 1. The van der Waals surface area contributed by atoms with Crippen molar-refractivity contribution in [3.8, 4) is 0 Å². The van der Waals surface area contributed by atoms with Crippen LogP contribution in [0.25, 0.3) is 0 Å². The van der Waals surface area contributed by atoms with E-state index in [1.165, 1.54) is 19.3 Å². The van der Waals surface area contributed by atoms with Crippen LogP contribution < -0.4 is 5.32 Å². The third-order valence-electron chi connectivity index (χ3n) is 4.68. The fraction of sp³-hybridized carbons (Fsp3) is 0.529. The second-order valence-electron chi connectivity index (χ2n) is 6.21. The van der Waals surface area contributed by atoms with Crippen molar-refractivity contribution in [2.45, 2.75) is 44.6 Å². The Morgan fingerprint density at radius 1 is 1.18 bits per heavy atom. The number of anilines is 1. The minimum atomic E-state index is -0.273. The van der Waals surface area contributed by atoms with E-state index >= 15 is 0 Å². The topological polar surface area (TPSA) is 49.4 Å². The van der Waals surface area contributed by atoms with E-state index in [-0.39, 0.29) is 17.7 Å². The molecule has 1 saturated carbocycles. The fourth-order valence-corrected chi connectivity index (χ4v) is 3.63. The Hall–Kier alpha value is -1.55. The fourth-order valence-electron chi connectivity index (χ4n) is 3.45. The molecule has 3 rings (SSSR count). The van der Waals surface area contributed by atoms with Crippen molar-refractivity contribution in [2.24, 2.45) is 5.92 Å². The predicted molar refractivity (Wildman–Crippen MR) is 86.8 cm³/mol. The Labute approximate surface area is 135 Å². The molecule has 1 heterocycles. The zero-order chi connectivity index (χ0) is 15.5. The van der Waals surface area contributed by atoms with Gasteiger partial charge >= 0.3 is 0 Å². The van der Waals surface area contributed by atoms with Crippen LogP contribution in [0, 0.1) is 5.92 Å². The second-order valence-corrected chi connectivity index (χ2v) is 6.62. The van der Waals surface area contributed by atoms with Gasteiger partial charge in [0.1, 0.15) is 0 Å². The monoisotopic (exact) mass is 320 g/mol. The van der Waals surface area contributed by atoms with E-state index < -0.39 is 0 Å². The predicted octanol–water partition coefficient (Wildman–Crippen LogP) is 3.46. The molecule has 2 fully saturated rings. The molecule has 0 radical (unpaired) electrons. The Morgan fingerprint density at radius 3 is 2.64 bits per heavy atom. The molecule has 118 valence electrons. The lowest BCUT2D eigenvalue weighted by molar-refractivity contribution is -0.130. The minimum Gasteiger partial charge on any atom is -0.339 e. The van der Waals surface area contributed by atoms with E-state index in [0.29, 0.717) is 29.7 Å². The SMILES string of the molecule is O=C(Nc1ccccc1Cl)[C@@H]1CC(=O)N(C2CCCCC2)C1. The van der Waals surface area contributed by atoms with E-state index in [9.17, 15) is 9.59 Å². The number of amides is 2. The smallest absolute Gasteiger partial charge is 0.229 e. The summed E-state index contributed by atoms with van der Waals surface area (Å²) >= 11 is 6.06. The molecule has 2 amide bonds. The minimum absolute atomic E-state index is 0.111. The van der Waals surface area contributed by atoms with Gasteiger partial charge in [0.25, 0.3) is 0 Å². The maximum atomic E-state index is 12.4. The van der Waals surface area contributed by atoms with Gasteiger partial charge in [0.15, 0.2) is 0 Å². The van der Waals surface area contributed by atoms with Gasteiger partial charge < -0.3 is 10.2 Å². The Bertz CT molecular complexity index is 570. The lowest BCUT2D eigenvalue weighted by Gasteiger charge is -2.31. The van der Waals surface area contributed by atoms with E-state index in [1.807, 2.05) is 17.0 Å². The number of likely N-dealkylation sites (tertiary alicyclic amines) is 1. The normalized spacial score (nSPS) is 22.9. The Morgan fingerprint density at radius 2 is 1.91 bits per heavy atom. The number of para-hydroxylation sites is 1. The summed E-state index contributed by atoms with van der Waals surface area (Å²) in [5.41, 5.74) is 0.609. The molecule has 0 bridgehead atoms. The maximum absolute atomic E-state index is 12.4. The van der Waals surface area contributed by atoms with E-state index in [0.717, 1.165) is 12.8 Å². The second kappa shape index (κ2) is 6.69. The summed E-state index contributed by atoms with van der Waals surface area (Å²) in [6.07, 6.45) is 6.09. The first-order valence-electron chi connectivity index (χ1n) is 8.00. The van der Waals surface area contributed by atoms with Crippen LogP contribution in [0.1, 0.15) is 38.5 Å². The summed E-state index contributed by atoms with van der Waals surface area (Å²) in [6.45, 7) is 0.541. The number of hydrogen-bond acceptors (Lipinski definition) is 2. The number of benzene rings is 1. The number of halogens is 1. The number of rotatable bonds is 3. The van der Waals surface area contributed by atoms with E-state index in [4.69, 9.17) is 11.6 Å². The van der Waals surface area contributed by atoms with Gasteiger partial charge in [-0.3, -0.25) is 9.59 Å². The molecule has 0 spiro atoms. The van der Waals surface area contributed by atoms with Gasteiger partial charge in [-0.25, -0.2) is 0 Å². The molecule has 1 aromatic rings. The highest BCUT2D eigenvalue weighted by atomic mass is 35.5. The van der Waals surface area contributed by atoms with Gasteiger partial charge in [0.2, 0.25) is 11.8 Å². The Balaban J connectivity index is 1.62. The van der Waals surface area contributed by atoms with Crippen molar-refractivity contribution in [1.29, 1.82) is 0 Å². The summed E-state index contributed by atoms with van der Waals surface area (Å²) in [5.74, 6) is -0.267. The van der Waals surface area contributed by atoms with Crippen LogP contribution in [-0.4, -0.2) is 29.3 Å². The molecular weight excluding hydrogens is 300 g/mol. The first-order chi connectivity index (χ1) is 10.6. The molecule has 0 aromatic heterocycles. The Kier molecular flexibility index (Phi) is 4.67. The molecule has 1 N–H and O–H groups in total. The summed E-state index contributed by atoms with van der Waals surface area (Å²) < 4.78 is 0. The first kappa shape index (κ1) is 15.3. The molecule has 1 saturated heterocycles. The highest BCUT2D eigenvalue weighted by molar-refractivity contribution is 6.33. The van der Waals surface area contributed by atoms with Crippen molar-refractivity contribution < 1.29 is 9.59 Å². The molecule has 2 aliphatic rings. The van der Waals surface area contributed by atoms with Crippen molar-refractivity contribution in [3.63, 3.8) is 0 Å². The van der Waals surface area contributed by atoms with Gasteiger partial charge in [-0.05, 0) is 25.0 Å². The molecule has 0 unspecified atom stereocenters. The summed E-state index contributed by atoms with van der Waals surface area (Å²) in [4.78, 5) is 26.5. The van der Waals surface area contributed by atoms with Gasteiger partial charge in [-0.2, -0.15) is 0 Å². The highest BCUT2D eigenvalue weighted by Gasteiger charge is 2.38. The van der Waals surface area contributed by atoms with Crippen LogP contribution in [0.3, 0.4) is 0 Å². The highest BCUT2D eigenvalue weighted by Crippen LogP contribution is 2.29. The lowest BCUT2D eigenvalue weighted by Crippen LogP contribution is -2.38. The van der Waals surface area contributed by atoms with Crippen molar-refractivity contribution >= 4 is 29.1 Å². The third-order valence-corrected chi connectivity index (χ3v) is 5.01. The number of hydrogen-bond donors (Lipinski definition) is 1. The average molecular weight is 321 g/mol. The molecule has 5 heteroatoms. The molecular formula is C17H21ClN2O2. The van der Waals surface area contributed by atoms with Gasteiger partial charge in [0, 0.05) is 19.0 Å². The number of nitrogens with zero attached hydrogens (tertiary/aromatic N) is 1. The number of carbonyl (C=O) groups excluding carboxylic acids is 2. The van der Waals surface area contributed by atoms with Gasteiger partial charge in [0.05, 0.1) is 16.6 Å².